The zero-order valence-corrected chi connectivity index (χ0v) is 18.6. The van der Waals surface area contributed by atoms with Crippen LogP contribution in [0.2, 0.25) is 0 Å². The maximum Gasteiger partial charge on any atom is 0.302 e. The molecule has 0 radical (unpaired) electrons. The van der Waals surface area contributed by atoms with E-state index in [0.717, 1.165) is 30.1 Å². The zero-order chi connectivity index (χ0) is 20.1. The van der Waals surface area contributed by atoms with Crippen molar-refractivity contribution in [3.8, 4) is 0 Å². The molecule has 0 N–H and O–H groups in total. The van der Waals surface area contributed by atoms with Crippen LogP contribution in [0.15, 0.2) is 11.8 Å². The molecule has 0 spiro atoms. The quantitative estimate of drug-likeness (QED) is 0.511. The number of esters is 1. The fourth-order valence-corrected chi connectivity index (χ4v) is 8.66. The molecule has 3 nitrogen and oxygen atoms in total. The summed E-state index contributed by atoms with van der Waals surface area (Å²) in [6.07, 6.45) is 19.6. The van der Waals surface area contributed by atoms with E-state index >= 15 is 0 Å². The van der Waals surface area contributed by atoms with Crippen molar-refractivity contribution >= 4 is 5.97 Å². The third kappa shape index (κ3) is 3.26. The van der Waals surface area contributed by atoms with Crippen molar-refractivity contribution in [2.45, 2.75) is 103 Å². The third-order valence-electron chi connectivity index (χ3n) is 10.0. The molecule has 0 heterocycles. The summed E-state index contributed by atoms with van der Waals surface area (Å²) in [6, 6.07) is 0. The molecule has 4 saturated carbocycles. The third-order valence-corrected chi connectivity index (χ3v) is 10.0. The van der Waals surface area contributed by atoms with Crippen LogP contribution in [0.1, 0.15) is 97.3 Å². The zero-order valence-electron chi connectivity index (χ0n) is 18.6. The highest BCUT2D eigenvalue weighted by atomic mass is 16.5. The number of fused-ring (bicyclic) bond motifs is 5. The Bertz CT molecular complexity index is 669. The van der Waals surface area contributed by atoms with Crippen LogP contribution in [-0.4, -0.2) is 18.7 Å². The molecule has 5 aliphatic carbocycles. The highest BCUT2D eigenvalue weighted by Crippen LogP contribution is 2.67. The van der Waals surface area contributed by atoms with Gasteiger partial charge in [-0.1, -0.05) is 19.8 Å². The second-order valence-corrected chi connectivity index (χ2v) is 11.2. The Labute approximate surface area is 177 Å². The summed E-state index contributed by atoms with van der Waals surface area (Å²) in [5, 5.41) is 0. The molecule has 3 heteroatoms. The Kier molecular flexibility index (Phi) is 5.23. The van der Waals surface area contributed by atoms with Crippen molar-refractivity contribution in [1.29, 1.82) is 0 Å². The first kappa shape index (κ1) is 19.9. The van der Waals surface area contributed by atoms with Crippen LogP contribution in [0, 0.1) is 34.5 Å². The van der Waals surface area contributed by atoms with Crippen LogP contribution < -0.4 is 0 Å². The molecule has 4 fully saturated rings. The lowest BCUT2D eigenvalue weighted by Gasteiger charge is -2.61. The fourth-order valence-electron chi connectivity index (χ4n) is 8.66. The van der Waals surface area contributed by atoms with E-state index in [-0.39, 0.29) is 11.4 Å². The van der Waals surface area contributed by atoms with E-state index in [9.17, 15) is 4.79 Å². The first-order valence-corrected chi connectivity index (χ1v) is 12.5. The molecular formula is C26H40O3. The van der Waals surface area contributed by atoms with Gasteiger partial charge in [-0.2, -0.15) is 0 Å². The lowest BCUT2D eigenvalue weighted by Crippen LogP contribution is -2.56. The molecule has 7 atom stereocenters. The van der Waals surface area contributed by atoms with Gasteiger partial charge in [0.1, 0.15) is 6.10 Å². The minimum atomic E-state index is -0.0920. The van der Waals surface area contributed by atoms with E-state index in [1.807, 2.05) is 0 Å². The predicted octanol–water partition coefficient (Wildman–Crippen LogP) is 6.42. The van der Waals surface area contributed by atoms with Crippen LogP contribution in [-0.2, 0) is 14.3 Å². The van der Waals surface area contributed by atoms with Crippen molar-refractivity contribution in [2.24, 2.45) is 34.5 Å². The van der Waals surface area contributed by atoms with Gasteiger partial charge >= 0.3 is 5.97 Å². The Morgan fingerprint density at radius 2 is 1.93 bits per heavy atom. The number of ether oxygens (including phenoxy) is 2. The molecular weight excluding hydrogens is 360 g/mol. The molecule has 0 aliphatic heterocycles. The van der Waals surface area contributed by atoms with Crippen molar-refractivity contribution in [3.05, 3.63) is 11.8 Å². The first-order valence-electron chi connectivity index (χ1n) is 12.5. The molecule has 0 aromatic carbocycles. The fraction of sp³-hybridized carbons (Fsp3) is 0.885. The number of hydrogen-bond acceptors (Lipinski definition) is 3. The van der Waals surface area contributed by atoms with Crippen LogP contribution in [0.4, 0.5) is 0 Å². The number of allylic oxidation sites excluding steroid dienone is 2. The molecule has 5 aliphatic rings. The van der Waals surface area contributed by atoms with Gasteiger partial charge in [0.05, 0.1) is 12.4 Å². The number of carbonyl (C=O) groups is 1. The minimum absolute atomic E-state index is 0.0920. The lowest BCUT2D eigenvalue weighted by atomic mass is 9.45. The van der Waals surface area contributed by atoms with Gasteiger partial charge in [0.25, 0.3) is 0 Å². The predicted molar refractivity (Wildman–Crippen MR) is 114 cm³/mol. The van der Waals surface area contributed by atoms with E-state index in [1.54, 1.807) is 6.92 Å². The smallest absolute Gasteiger partial charge is 0.302 e. The summed E-state index contributed by atoms with van der Waals surface area (Å²) in [7, 11) is 0. The van der Waals surface area contributed by atoms with E-state index in [4.69, 9.17) is 9.47 Å². The van der Waals surface area contributed by atoms with Crippen LogP contribution in [0.25, 0.3) is 0 Å². The Balaban J connectivity index is 1.38. The molecule has 0 aromatic heterocycles. The van der Waals surface area contributed by atoms with E-state index in [2.05, 4.69) is 13.0 Å². The van der Waals surface area contributed by atoms with Gasteiger partial charge in [0.2, 0.25) is 0 Å². The van der Waals surface area contributed by atoms with Crippen LogP contribution in [0.5, 0.6) is 0 Å². The topological polar surface area (TPSA) is 35.5 Å². The average molecular weight is 401 g/mol. The van der Waals surface area contributed by atoms with Crippen molar-refractivity contribution in [2.75, 3.05) is 6.61 Å². The molecule has 5 rings (SSSR count). The summed E-state index contributed by atoms with van der Waals surface area (Å²) >= 11 is 0. The van der Waals surface area contributed by atoms with Crippen LogP contribution in [0.3, 0.4) is 0 Å². The first-order chi connectivity index (χ1) is 14.0. The summed E-state index contributed by atoms with van der Waals surface area (Å²) in [4.78, 5) is 11.7. The number of hydrogen-bond donors (Lipinski definition) is 0. The minimum Gasteiger partial charge on any atom is -0.495 e. The standard InChI is InChI=1S/C26H40O3/c1-18(27)28-17-26-15-6-5-7-19(26)10-11-21-22-12-13-24(29-20-8-3-4-9-20)25(22,2)16-14-23(21)26/h8,19,21-24H,3-7,9-17H2,1-2H3/t19-,21+,22+,23+,24+,25+,26-/m1/s1. The van der Waals surface area contributed by atoms with Crippen molar-refractivity contribution in [3.63, 3.8) is 0 Å². The SMILES string of the molecule is CC(=O)OC[C@]12CCCC[C@@H]1CC[C@H]1[C@@H]3CC[C@H](OC4=CCCC4)[C@@]3(C)CC[C@@H]12. The van der Waals surface area contributed by atoms with Gasteiger partial charge in [0, 0.05) is 24.2 Å². The van der Waals surface area contributed by atoms with Gasteiger partial charge in [-0.25, -0.2) is 0 Å². The molecule has 0 amide bonds. The Morgan fingerprint density at radius 3 is 2.72 bits per heavy atom. The summed E-state index contributed by atoms with van der Waals surface area (Å²) in [6.45, 7) is 4.82. The average Bonchev–Trinajstić information content (AvgIpc) is 3.34. The Hall–Kier alpha value is -0.990. The van der Waals surface area contributed by atoms with Gasteiger partial charge in [-0.15, -0.1) is 0 Å². The maximum atomic E-state index is 11.7. The highest BCUT2D eigenvalue weighted by molar-refractivity contribution is 5.65. The second-order valence-electron chi connectivity index (χ2n) is 11.2. The molecule has 29 heavy (non-hydrogen) atoms. The molecule has 162 valence electrons. The monoisotopic (exact) mass is 400 g/mol. The normalized spacial score (nSPS) is 46.3. The Morgan fingerprint density at radius 1 is 1.03 bits per heavy atom. The summed E-state index contributed by atoms with van der Waals surface area (Å²) in [5.41, 5.74) is 0.607. The van der Waals surface area contributed by atoms with Gasteiger partial charge < -0.3 is 9.47 Å². The summed E-state index contributed by atoms with van der Waals surface area (Å²) in [5.74, 6) is 4.32. The molecule has 0 bridgehead atoms. The van der Waals surface area contributed by atoms with Crippen LogP contribution >= 0.6 is 0 Å². The van der Waals surface area contributed by atoms with E-state index in [0.29, 0.717) is 18.1 Å². The molecule has 0 saturated heterocycles. The van der Waals surface area contributed by atoms with E-state index in [1.165, 1.54) is 82.8 Å². The summed E-state index contributed by atoms with van der Waals surface area (Å²) < 4.78 is 12.4. The highest BCUT2D eigenvalue weighted by Gasteiger charge is 2.62. The molecule has 0 aromatic rings. The largest absolute Gasteiger partial charge is 0.495 e. The number of rotatable bonds is 4. The van der Waals surface area contributed by atoms with Gasteiger partial charge in [-0.05, 0) is 94.0 Å². The molecule has 0 unspecified atom stereocenters. The lowest BCUT2D eigenvalue weighted by molar-refractivity contribution is -0.170. The second kappa shape index (κ2) is 7.61. The maximum absolute atomic E-state index is 11.7. The van der Waals surface area contributed by atoms with E-state index < -0.39 is 0 Å². The van der Waals surface area contributed by atoms with Crippen molar-refractivity contribution in [1.82, 2.24) is 0 Å². The van der Waals surface area contributed by atoms with Crippen molar-refractivity contribution < 1.29 is 14.3 Å². The number of carbonyl (C=O) groups excluding carboxylic acids is 1. The van der Waals surface area contributed by atoms with Gasteiger partial charge in [0.15, 0.2) is 0 Å². The van der Waals surface area contributed by atoms with Gasteiger partial charge in [-0.3, -0.25) is 4.79 Å².